The van der Waals surface area contributed by atoms with Crippen molar-refractivity contribution in [1.29, 1.82) is 0 Å². The van der Waals surface area contributed by atoms with E-state index in [-0.39, 0.29) is 35.2 Å². The van der Waals surface area contributed by atoms with Crippen LogP contribution in [0.3, 0.4) is 0 Å². The normalized spacial score (nSPS) is 10.9. The van der Waals surface area contributed by atoms with E-state index >= 15 is 0 Å². The molecule has 3 aromatic carbocycles. The van der Waals surface area contributed by atoms with E-state index in [0.29, 0.717) is 10.3 Å². The van der Waals surface area contributed by atoms with Crippen LogP contribution in [0.1, 0.15) is 11.1 Å². The highest BCUT2D eigenvalue weighted by molar-refractivity contribution is 7.22. The van der Waals surface area contributed by atoms with Crippen LogP contribution in [0.25, 0.3) is 10.2 Å². The smallest absolute Gasteiger partial charge is 0.269 e. The van der Waals surface area contributed by atoms with Crippen molar-refractivity contribution in [2.75, 3.05) is 4.90 Å². The molecule has 1 aromatic heterocycles. The van der Waals surface area contributed by atoms with E-state index in [4.69, 9.17) is 0 Å². The van der Waals surface area contributed by atoms with Gasteiger partial charge in [0.25, 0.3) is 5.69 Å². The highest BCUT2D eigenvalue weighted by Gasteiger charge is 2.22. The third kappa shape index (κ3) is 4.56. The summed E-state index contributed by atoms with van der Waals surface area (Å²) < 4.78 is 28.0. The second-order valence-electron chi connectivity index (χ2n) is 6.80. The molecule has 0 saturated heterocycles. The predicted molar refractivity (Wildman–Crippen MR) is 114 cm³/mol. The number of non-ortho nitro benzene ring substituents is 1. The van der Waals surface area contributed by atoms with E-state index < -0.39 is 16.6 Å². The summed E-state index contributed by atoms with van der Waals surface area (Å²) >= 11 is 1.02. The van der Waals surface area contributed by atoms with Gasteiger partial charge in [0.05, 0.1) is 22.6 Å². The molecule has 0 unspecified atom stereocenters. The molecule has 0 aliphatic carbocycles. The van der Waals surface area contributed by atoms with E-state index in [2.05, 4.69) is 4.98 Å². The summed E-state index contributed by atoms with van der Waals surface area (Å²) in [6.45, 7) is 0.191. The summed E-state index contributed by atoms with van der Waals surface area (Å²) in [5.41, 5.74) is 1.36. The third-order valence-corrected chi connectivity index (χ3v) is 5.65. The van der Waals surface area contributed by atoms with Gasteiger partial charge in [-0.1, -0.05) is 53.8 Å². The molecule has 156 valence electrons. The first-order valence-electron chi connectivity index (χ1n) is 9.24. The summed E-state index contributed by atoms with van der Waals surface area (Å²) in [7, 11) is 0. The van der Waals surface area contributed by atoms with Gasteiger partial charge >= 0.3 is 0 Å². The van der Waals surface area contributed by atoms with E-state index in [0.717, 1.165) is 23.0 Å². The zero-order chi connectivity index (χ0) is 22.0. The SMILES string of the molecule is O=C(Cc1ccc([N+](=O)[O-])cc1)N(Cc1ccccc1)c1nc2c(F)cc(F)cc2s1. The van der Waals surface area contributed by atoms with Crippen molar-refractivity contribution in [1.82, 2.24) is 4.98 Å². The fourth-order valence-corrected chi connectivity index (χ4v) is 4.12. The highest BCUT2D eigenvalue weighted by Crippen LogP contribution is 2.32. The number of halogens is 2. The monoisotopic (exact) mass is 439 g/mol. The van der Waals surface area contributed by atoms with Gasteiger partial charge in [-0.3, -0.25) is 19.8 Å². The van der Waals surface area contributed by atoms with Gasteiger partial charge in [0.15, 0.2) is 10.9 Å². The van der Waals surface area contributed by atoms with Crippen molar-refractivity contribution in [2.24, 2.45) is 0 Å². The number of hydrogen-bond acceptors (Lipinski definition) is 5. The number of amides is 1. The standard InChI is InChI=1S/C22H15F2N3O3S/c23-16-11-18(24)21-19(12-16)31-22(25-21)26(13-15-4-2-1-3-5-15)20(28)10-14-6-8-17(9-7-14)27(29)30/h1-9,11-12H,10,13H2. The molecule has 4 rings (SSSR count). The molecule has 0 atom stereocenters. The molecular formula is C22H15F2N3O3S. The summed E-state index contributed by atoms with van der Waals surface area (Å²) in [6.07, 6.45) is -0.0302. The number of hydrogen-bond donors (Lipinski definition) is 0. The Bertz CT molecular complexity index is 1260. The van der Waals surface area contributed by atoms with Crippen molar-refractivity contribution in [3.8, 4) is 0 Å². The fourth-order valence-electron chi connectivity index (χ4n) is 3.09. The Morgan fingerprint density at radius 3 is 2.42 bits per heavy atom. The predicted octanol–water partition coefficient (Wildman–Crippen LogP) is 5.26. The van der Waals surface area contributed by atoms with Crippen LogP contribution in [0, 0.1) is 21.7 Å². The minimum Gasteiger partial charge on any atom is -0.283 e. The molecule has 0 saturated carbocycles. The molecule has 0 N–H and O–H groups in total. The number of fused-ring (bicyclic) bond motifs is 1. The van der Waals surface area contributed by atoms with Crippen molar-refractivity contribution >= 4 is 38.3 Å². The Balaban J connectivity index is 1.67. The Hall–Kier alpha value is -3.72. The van der Waals surface area contributed by atoms with Crippen molar-refractivity contribution < 1.29 is 18.5 Å². The van der Waals surface area contributed by atoms with Crippen molar-refractivity contribution in [3.05, 3.63) is 99.6 Å². The number of rotatable bonds is 6. The van der Waals surface area contributed by atoms with Gasteiger partial charge in [0.1, 0.15) is 11.3 Å². The van der Waals surface area contributed by atoms with Gasteiger partial charge in [0.2, 0.25) is 5.91 Å². The van der Waals surface area contributed by atoms with Gasteiger partial charge in [-0.25, -0.2) is 13.8 Å². The molecule has 9 heteroatoms. The average Bonchev–Trinajstić information content (AvgIpc) is 3.17. The molecule has 1 heterocycles. The maximum absolute atomic E-state index is 14.1. The first kappa shape index (κ1) is 20.5. The van der Waals surface area contributed by atoms with Crippen molar-refractivity contribution in [2.45, 2.75) is 13.0 Å². The van der Waals surface area contributed by atoms with E-state index in [1.54, 1.807) is 0 Å². The summed E-state index contributed by atoms with van der Waals surface area (Å²) in [4.78, 5) is 29.1. The van der Waals surface area contributed by atoms with E-state index in [1.807, 2.05) is 30.3 Å². The molecule has 0 aliphatic heterocycles. The molecule has 0 radical (unpaired) electrons. The lowest BCUT2D eigenvalue weighted by Gasteiger charge is -2.20. The zero-order valence-corrected chi connectivity index (χ0v) is 16.8. The molecule has 1 amide bonds. The van der Waals surface area contributed by atoms with E-state index in [9.17, 15) is 23.7 Å². The van der Waals surface area contributed by atoms with Crippen LogP contribution in [-0.4, -0.2) is 15.8 Å². The van der Waals surface area contributed by atoms with Crippen LogP contribution < -0.4 is 4.90 Å². The zero-order valence-electron chi connectivity index (χ0n) is 16.0. The lowest BCUT2D eigenvalue weighted by molar-refractivity contribution is -0.384. The Kier molecular flexibility index (Phi) is 5.68. The van der Waals surface area contributed by atoms with Crippen molar-refractivity contribution in [3.63, 3.8) is 0 Å². The second kappa shape index (κ2) is 8.57. The third-order valence-electron chi connectivity index (χ3n) is 4.62. The van der Waals surface area contributed by atoms with E-state index in [1.165, 1.54) is 35.2 Å². The van der Waals surface area contributed by atoms with Gasteiger partial charge in [-0.2, -0.15) is 0 Å². The van der Waals surface area contributed by atoms with Gasteiger partial charge in [-0.05, 0) is 17.2 Å². The maximum Gasteiger partial charge on any atom is 0.269 e. The Morgan fingerprint density at radius 2 is 1.74 bits per heavy atom. The Labute approximate surface area is 179 Å². The lowest BCUT2D eigenvalue weighted by Crippen LogP contribution is -2.31. The second-order valence-corrected chi connectivity index (χ2v) is 7.81. The number of anilines is 1. The molecule has 0 bridgehead atoms. The topological polar surface area (TPSA) is 76.3 Å². The molecule has 31 heavy (non-hydrogen) atoms. The number of nitro benzene ring substituents is 1. The van der Waals surface area contributed by atoms with Crippen LogP contribution in [0.4, 0.5) is 19.6 Å². The van der Waals surface area contributed by atoms with Crippen LogP contribution >= 0.6 is 11.3 Å². The average molecular weight is 439 g/mol. The molecule has 0 fully saturated rings. The largest absolute Gasteiger partial charge is 0.283 e. The first-order chi connectivity index (χ1) is 14.9. The molecule has 4 aromatic rings. The number of aromatic nitrogens is 1. The maximum atomic E-state index is 14.1. The lowest BCUT2D eigenvalue weighted by atomic mass is 10.1. The minimum atomic E-state index is -0.792. The van der Waals surface area contributed by atoms with Gasteiger partial charge in [0, 0.05) is 18.2 Å². The van der Waals surface area contributed by atoms with Gasteiger partial charge < -0.3 is 0 Å². The Morgan fingerprint density at radius 1 is 1.03 bits per heavy atom. The summed E-state index contributed by atoms with van der Waals surface area (Å²) in [6, 6.07) is 16.9. The number of carbonyl (C=O) groups excluding carboxylic acids is 1. The van der Waals surface area contributed by atoms with Crippen LogP contribution in [0.5, 0.6) is 0 Å². The summed E-state index contributed by atoms with van der Waals surface area (Å²) in [5.74, 6) is -1.83. The number of nitro groups is 1. The van der Waals surface area contributed by atoms with Crippen LogP contribution in [0.15, 0.2) is 66.7 Å². The number of benzene rings is 3. The number of nitrogens with zero attached hydrogens (tertiary/aromatic N) is 3. The van der Waals surface area contributed by atoms with Crippen LogP contribution in [0.2, 0.25) is 0 Å². The fraction of sp³-hybridized carbons (Fsp3) is 0.0909. The first-order valence-corrected chi connectivity index (χ1v) is 10.1. The van der Waals surface area contributed by atoms with Crippen LogP contribution in [-0.2, 0) is 17.8 Å². The summed E-state index contributed by atoms with van der Waals surface area (Å²) in [5, 5.41) is 11.1. The minimum absolute atomic E-state index is 0.00241. The molecule has 0 spiro atoms. The highest BCUT2D eigenvalue weighted by atomic mass is 32.1. The number of carbonyl (C=O) groups is 1. The number of thiazole rings is 1. The molecule has 6 nitrogen and oxygen atoms in total. The van der Waals surface area contributed by atoms with Gasteiger partial charge in [-0.15, -0.1) is 0 Å². The molecular weight excluding hydrogens is 424 g/mol. The molecule has 0 aliphatic rings. The quantitative estimate of drug-likeness (QED) is 0.303.